The second-order valence-electron chi connectivity index (χ2n) is 6.17. The zero-order valence-corrected chi connectivity index (χ0v) is 15.0. The number of hydrogen-bond donors (Lipinski definition) is 0. The van der Waals surface area contributed by atoms with Gasteiger partial charge in [-0.25, -0.2) is 0 Å². The normalized spacial score (nSPS) is 10.7. The first kappa shape index (κ1) is 20.6. The predicted octanol–water partition coefficient (Wildman–Crippen LogP) is 5.96. The van der Waals surface area contributed by atoms with Crippen molar-refractivity contribution >= 4 is 0 Å². The van der Waals surface area contributed by atoms with Crippen molar-refractivity contribution in [2.45, 2.75) is 83.1 Å². The molecule has 3 heteroatoms. The minimum atomic E-state index is -3.81. The van der Waals surface area contributed by atoms with Crippen LogP contribution in [0.25, 0.3) is 0 Å². The van der Waals surface area contributed by atoms with Crippen LogP contribution < -0.4 is 0 Å². The van der Waals surface area contributed by atoms with Crippen molar-refractivity contribution in [1.29, 1.82) is 0 Å². The third-order valence-corrected chi connectivity index (χ3v) is 7.14. The summed E-state index contributed by atoms with van der Waals surface area (Å²) < 4.78 is 23.6. The molecule has 0 unspecified atom stereocenters. The largest absolute Gasteiger partial charge is 0.0654 e. The van der Waals surface area contributed by atoms with Crippen molar-refractivity contribution < 1.29 is 23.2 Å². The molecule has 0 atom stereocenters. The summed E-state index contributed by atoms with van der Waals surface area (Å²) in [5, 5.41) is 0. The Balaban J connectivity index is 0. The first-order valence-corrected chi connectivity index (χ1v) is 11.1. The second kappa shape index (κ2) is 12.4. The van der Waals surface area contributed by atoms with Crippen molar-refractivity contribution in [1.82, 2.24) is 0 Å². The summed E-state index contributed by atoms with van der Waals surface area (Å²) in [5.41, 5.74) is 0. The van der Waals surface area contributed by atoms with Gasteiger partial charge in [-0.3, -0.25) is 0 Å². The van der Waals surface area contributed by atoms with Crippen molar-refractivity contribution in [2.24, 2.45) is 11.8 Å². The zero-order valence-electron chi connectivity index (χ0n) is 13.4. The molecule has 0 spiro atoms. The summed E-state index contributed by atoms with van der Waals surface area (Å²) in [6.45, 7) is 12.3. The summed E-state index contributed by atoms with van der Waals surface area (Å²) in [6.07, 6.45) is 7.01. The molecule has 0 aromatic carbocycles. The van der Waals surface area contributed by atoms with Gasteiger partial charge < -0.3 is 0 Å². The standard InChI is InChI=1S/C7H16.2C4H9.2O.Ti/c1-3-5-7-6-4-2;2*1-4(2)3;;;/h3-7H2,1-2H3;2*4H,1H2,2-3H3;;;. The molecule has 0 radical (unpaired) electrons. The number of rotatable bonds is 8. The van der Waals surface area contributed by atoms with Gasteiger partial charge in [0.05, 0.1) is 0 Å². The molecule has 0 fully saturated rings. The maximum Gasteiger partial charge on any atom is -0.0533 e. The zero-order chi connectivity index (χ0) is 14.6. The SMILES string of the molecule is CC(C)[CH2][Ti](=[O])(=[O])[CH2]C(C)C.CCCCCCC. The Labute approximate surface area is 118 Å². The fourth-order valence-corrected chi connectivity index (χ4v) is 6.15. The van der Waals surface area contributed by atoms with E-state index < -0.39 is 16.5 Å². The molecule has 0 aliphatic heterocycles. The van der Waals surface area contributed by atoms with Gasteiger partial charge in [-0.2, -0.15) is 0 Å². The van der Waals surface area contributed by atoms with E-state index in [1.165, 1.54) is 32.1 Å². The Kier molecular flexibility index (Phi) is 14.2. The van der Waals surface area contributed by atoms with E-state index in [1.807, 2.05) is 27.7 Å². The van der Waals surface area contributed by atoms with Crippen LogP contribution in [0.15, 0.2) is 0 Å². The molecule has 0 amide bonds. The summed E-state index contributed by atoms with van der Waals surface area (Å²) >= 11 is -3.81. The van der Waals surface area contributed by atoms with Gasteiger partial charge in [-0.05, 0) is 0 Å². The molecule has 0 aromatic heterocycles. The molecule has 110 valence electrons. The molecule has 2 nitrogen and oxygen atoms in total. The van der Waals surface area contributed by atoms with E-state index in [9.17, 15) is 6.65 Å². The van der Waals surface area contributed by atoms with Gasteiger partial charge in [0, 0.05) is 0 Å². The molecule has 0 aliphatic rings. The first-order valence-electron chi connectivity index (χ1n) is 7.66. The number of hydrogen-bond acceptors (Lipinski definition) is 2. The third kappa shape index (κ3) is 18.7. The van der Waals surface area contributed by atoms with Crippen LogP contribution in [0.4, 0.5) is 0 Å². The molecule has 0 aliphatic carbocycles. The topological polar surface area (TPSA) is 34.1 Å². The van der Waals surface area contributed by atoms with Crippen molar-refractivity contribution in [3.05, 3.63) is 0 Å². The van der Waals surface area contributed by atoms with Crippen LogP contribution in [-0.2, 0) is 23.2 Å². The number of unbranched alkanes of at least 4 members (excludes halogenated alkanes) is 4. The fraction of sp³-hybridized carbons (Fsp3) is 1.00. The van der Waals surface area contributed by atoms with E-state index in [0.29, 0.717) is 21.3 Å². The Hall–Kier alpha value is 0.314. The third-order valence-electron chi connectivity index (χ3n) is 2.65. The van der Waals surface area contributed by atoms with Gasteiger partial charge in [0.15, 0.2) is 0 Å². The predicted molar refractivity (Wildman–Crippen MR) is 75.1 cm³/mol. The smallest absolute Gasteiger partial charge is 0.0533 e. The van der Waals surface area contributed by atoms with Crippen LogP contribution in [0.5, 0.6) is 0 Å². The average molecular weight is 294 g/mol. The molecule has 0 saturated carbocycles. The van der Waals surface area contributed by atoms with Gasteiger partial charge >= 0.3 is 72.2 Å². The van der Waals surface area contributed by atoms with E-state index in [1.54, 1.807) is 0 Å². The van der Waals surface area contributed by atoms with E-state index in [-0.39, 0.29) is 0 Å². The molecule has 0 heterocycles. The maximum absolute atomic E-state index is 11.4. The van der Waals surface area contributed by atoms with Crippen LogP contribution in [-0.4, -0.2) is 0 Å². The fourth-order valence-electron chi connectivity index (χ4n) is 2.00. The second-order valence-corrected chi connectivity index (χ2v) is 10.3. The van der Waals surface area contributed by atoms with Crippen LogP contribution in [0.2, 0.25) is 9.45 Å². The summed E-state index contributed by atoms with van der Waals surface area (Å²) in [7, 11) is 0. The molecule has 0 aromatic rings. The van der Waals surface area contributed by atoms with Gasteiger partial charge in [-0.1, -0.05) is 46.0 Å². The molecule has 0 bridgehead atoms. The van der Waals surface area contributed by atoms with Crippen LogP contribution in [0.1, 0.15) is 73.6 Å². The Morgan fingerprint density at radius 3 is 1.28 bits per heavy atom. The monoisotopic (exact) mass is 294 g/mol. The van der Waals surface area contributed by atoms with E-state index in [2.05, 4.69) is 13.8 Å². The maximum atomic E-state index is 11.4. The molecule has 18 heavy (non-hydrogen) atoms. The Morgan fingerprint density at radius 1 is 0.722 bits per heavy atom. The van der Waals surface area contributed by atoms with E-state index in [0.717, 1.165) is 0 Å². The molecule has 0 rings (SSSR count). The van der Waals surface area contributed by atoms with E-state index in [4.69, 9.17) is 0 Å². The van der Waals surface area contributed by atoms with Gasteiger partial charge in [-0.15, -0.1) is 0 Å². The Morgan fingerprint density at radius 2 is 1.06 bits per heavy atom. The average Bonchev–Trinajstić information content (AvgIpc) is 2.15. The van der Waals surface area contributed by atoms with Crippen molar-refractivity contribution in [3.63, 3.8) is 0 Å². The minimum absolute atomic E-state index is 0.295. The van der Waals surface area contributed by atoms with Crippen LogP contribution in [0, 0.1) is 11.8 Å². The van der Waals surface area contributed by atoms with Gasteiger partial charge in [0.2, 0.25) is 0 Å². The van der Waals surface area contributed by atoms with Crippen molar-refractivity contribution in [3.8, 4) is 0 Å². The van der Waals surface area contributed by atoms with Crippen LogP contribution >= 0.6 is 0 Å². The van der Waals surface area contributed by atoms with Gasteiger partial charge in [0.25, 0.3) is 0 Å². The van der Waals surface area contributed by atoms with Crippen molar-refractivity contribution in [2.75, 3.05) is 0 Å². The molecular weight excluding hydrogens is 260 g/mol. The summed E-state index contributed by atoms with van der Waals surface area (Å²) in [6, 6.07) is 0. The molecular formula is C15H34O2Ti. The molecule has 0 saturated heterocycles. The van der Waals surface area contributed by atoms with E-state index >= 15 is 0 Å². The first-order chi connectivity index (χ1) is 8.25. The quantitative estimate of drug-likeness (QED) is 0.409. The molecule has 0 N–H and O–H groups in total. The minimum Gasteiger partial charge on any atom is -0.0654 e. The van der Waals surface area contributed by atoms with Crippen LogP contribution in [0.3, 0.4) is 0 Å². The van der Waals surface area contributed by atoms with Gasteiger partial charge in [0.1, 0.15) is 0 Å². The summed E-state index contributed by atoms with van der Waals surface area (Å²) in [4.78, 5) is 0. The summed E-state index contributed by atoms with van der Waals surface area (Å²) in [5.74, 6) is 0.590. The Bertz CT molecular complexity index is 234.